The molecule has 0 aliphatic rings. The average Bonchev–Trinajstić information content (AvgIpc) is 2.64. The zero-order chi connectivity index (χ0) is 14.8. The van der Waals surface area contributed by atoms with Crippen LogP contribution in [0, 0.1) is 6.92 Å². The second-order valence-electron chi connectivity index (χ2n) is 5.25. The van der Waals surface area contributed by atoms with Crippen molar-refractivity contribution < 1.29 is 8.42 Å². The first kappa shape index (κ1) is 15.0. The summed E-state index contributed by atoms with van der Waals surface area (Å²) in [7, 11) is -2.93. The largest absolute Gasteiger partial charge is 0.327 e. The predicted molar refractivity (Wildman–Crippen MR) is 81.6 cm³/mol. The lowest BCUT2D eigenvalue weighted by Gasteiger charge is -2.13. The van der Waals surface area contributed by atoms with Crippen LogP contribution in [-0.2, 0) is 16.4 Å². The molecule has 0 spiro atoms. The first-order valence-electron chi connectivity index (χ1n) is 6.70. The van der Waals surface area contributed by atoms with E-state index in [0.717, 1.165) is 29.9 Å². The molecule has 20 heavy (non-hydrogen) atoms. The molecule has 6 heteroatoms. The molecule has 0 aliphatic carbocycles. The highest BCUT2D eigenvalue weighted by Gasteiger charge is 2.10. The molecule has 110 valence electrons. The average molecular weight is 295 g/mol. The zero-order valence-electron chi connectivity index (χ0n) is 12.1. The van der Waals surface area contributed by atoms with Gasteiger partial charge in [0.1, 0.15) is 15.7 Å². The van der Waals surface area contributed by atoms with Crippen LogP contribution < -0.4 is 5.32 Å². The molecule has 0 bridgehead atoms. The summed E-state index contributed by atoms with van der Waals surface area (Å²) >= 11 is 0. The number of hydrogen-bond donors (Lipinski definition) is 1. The predicted octanol–water partition coefficient (Wildman–Crippen LogP) is 1.37. The van der Waals surface area contributed by atoms with Gasteiger partial charge in [-0.25, -0.2) is 13.4 Å². The number of nitrogens with one attached hydrogen (secondary N) is 1. The van der Waals surface area contributed by atoms with Crippen LogP contribution in [0.3, 0.4) is 0 Å². The van der Waals surface area contributed by atoms with Crippen LogP contribution in [0.15, 0.2) is 24.3 Å². The monoisotopic (exact) mass is 295 g/mol. The van der Waals surface area contributed by atoms with Crippen molar-refractivity contribution in [3.05, 3.63) is 30.1 Å². The fourth-order valence-corrected chi connectivity index (χ4v) is 3.44. The summed E-state index contributed by atoms with van der Waals surface area (Å²) in [6.45, 7) is 5.37. The van der Waals surface area contributed by atoms with Crippen molar-refractivity contribution in [1.29, 1.82) is 0 Å². The van der Waals surface area contributed by atoms with Crippen LogP contribution in [0.4, 0.5) is 0 Å². The maximum absolute atomic E-state index is 11.2. The first-order chi connectivity index (χ1) is 9.37. The Kier molecular flexibility index (Phi) is 4.45. The molecule has 0 saturated carbocycles. The van der Waals surface area contributed by atoms with E-state index in [0.29, 0.717) is 0 Å². The fourth-order valence-electron chi connectivity index (χ4n) is 2.41. The van der Waals surface area contributed by atoms with E-state index in [-0.39, 0.29) is 11.8 Å². The van der Waals surface area contributed by atoms with E-state index in [9.17, 15) is 8.42 Å². The van der Waals surface area contributed by atoms with Gasteiger partial charge in [0.2, 0.25) is 0 Å². The van der Waals surface area contributed by atoms with Gasteiger partial charge < -0.3 is 9.88 Å². The Bertz CT molecular complexity index is 692. The number of aromatic nitrogens is 2. The molecule has 2 rings (SSSR count). The van der Waals surface area contributed by atoms with Crippen LogP contribution >= 0.6 is 0 Å². The summed E-state index contributed by atoms with van der Waals surface area (Å²) in [4.78, 5) is 4.51. The van der Waals surface area contributed by atoms with Gasteiger partial charge in [-0.05, 0) is 26.0 Å². The fraction of sp³-hybridized carbons (Fsp3) is 0.500. The molecular formula is C14H21N3O2S. The second kappa shape index (κ2) is 5.93. The van der Waals surface area contributed by atoms with Crippen molar-refractivity contribution in [2.75, 3.05) is 18.6 Å². The van der Waals surface area contributed by atoms with Gasteiger partial charge in [0.15, 0.2) is 0 Å². The molecule has 0 aliphatic heterocycles. The van der Waals surface area contributed by atoms with Gasteiger partial charge in [0.05, 0.1) is 16.8 Å². The van der Waals surface area contributed by atoms with Gasteiger partial charge >= 0.3 is 0 Å². The third-order valence-corrected chi connectivity index (χ3v) is 4.33. The van der Waals surface area contributed by atoms with Crippen molar-refractivity contribution in [1.82, 2.24) is 14.9 Å². The smallest absolute Gasteiger partial charge is 0.148 e. The lowest BCUT2D eigenvalue weighted by Crippen LogP contribution is -2.34. The summed E-state index contributed by atoms with van der Waals surface area (Å²) in [6, 6.07) is 7.99. The minimum Gasteiger partial charge on any atom is -0.327 e. The highest BCUT2D eigenvalue weighted by Crippen LogP contribution is 2.14. The van der Waals surface area contributed by atoms with E-state index in [4.69, 9.17) is 0 Å². The van der Waals surface area contributed by atoms with E-state index in [1.807, 2.05) is 32.0 Å². The molecule has 1 unspecified atom stereocenters. The zero-order valence-corrected chi connectivity index (χ0v) is 12.9. The topological polar surface area (TPSA) is 64.0 Å². The van der Waals surface area contributed by atoms with Crippen molar-refractivity contribution in [2.24, 2.45) is 0 Å². The molecule has 1 aromatic heterocycles. The molecule has 1 heterocycles. The highest BCUT2D eigenvalue weighted by molar-refractivity contribution is 7.90. The molecule has 1 N–H and O–H groups in total. The van der Waals surface area contributed by atoms with E-state index in [2.05, 4.69) is 20.9 Å². The summed E-state index contributed by atoms with van der Waals surface area (Å²) in [5, 5.41) is 3.24. The molecule has 1 aromatic carbocycles. The van der Waals surface area contributed by atoms with Crippen LogP contribution in [-0.4, -0.2) is 42.6 Å². The van der Waals surface area contributed by atoms with Crippen LogP contribution in [0.1, 0.15) is 12.7 Å². The van der Waals surface area contributed by atoms with Crippen molar-refractivity contribution in [2.45, 2.75) is 26.4 Å². The molecule has 0 radical (unpaired) electrons. The molecule has 0 amide bonds. The summed E-state index contributed by atoms with van der Waals surface area (Å²) < 4.78 is 24.6. The Hall–Kier alpha value is -1.40. The van der Waals surface area contributed by atoms with E-state index < -0.39 is 9.84 Å². The van der Waals surface area contributed by atoms with Crippen molar-refractivity contribution in [3.63, 3.8) is 0 Å². The van der Waals surface area contributed by atoms with Crippen LogP contribution in [0.5, 0.6) is 0 Å². The van der Waals surface area contributed by atoms with Gasteiger partial charge in [0.25, 0.3) is 0 Å². The maximum atomic E-state index is 11.2. The SMILES string of the molecule is Cc1nc2ccccc2n1CCNC(C)CS(C)(=O)=O. The number of rotatable bonds is 6. The van der Waals surface area contributed by atoms with Gasteiger partial charge in [-0.2, -0.15) is 0 Å². The minimum atomic E-state index is -2.93. The number of benzene rings is 1. The Morgan fingerprint density at radius 3 is 2.75 bits per heavy atom. The van der Waals surface area contributed by atoms with E-state index >= 15 is 0 Å². The Balaban J connectivity index is 1.98. The number of para-hydroxylation sites is 2. The Morgan fingerprint density at radius 2 is 2.05 bits per heavy atom. The van der Waals surface area contributed by atoms with Gasteiger partial charge in [0, 0.05) is 25.4 Å². The second-order valence-corrected chi connectivity index (χ2v) is 7.43. The number of fused-ring (bicyclic) bond motifs is 1. The number of aryl methyl sites for hydroxylation is 1. The quantitative estimate of drug-likeness (QED) is 0.874. The van der Waals surface area contributed by atoms with E-state index in [1.54, 1.807) is 0 Å². The standard InChI is InChI=1S/C14H21N3O2S/c1-11(10-20(3,18)19)15-8-9-17-12(2)16-13-6-4-5-7-14(13)17/h4-7,11,15H,8-10H2,1-3H3. The molecule has 2 aromatic rings. The number of imidazole rings is 1. The van der Waals surface area contributed by atoms with Gasteiger partial charge in [-0.1, -0.05) is 12.1 Å². The lowest BCUT2D eigenvalue weighted by atomic mass is 10.3. The molecule has 1 atom stereocenters. The molecule has 0 fully saturated rings. The number of sulfone groups is 1. The minimum absolute atomic E-state index is 0.0416. The Morgan fingerprint density at radius 1 is 1.35 bits per heavy atom. The first-order valence-corrected chi connectivity index (χ1v) is 8.76. The lowest BCUT2D eigenvalue weighted by molar-refractivity contribution is 0.532. The molecule has 0 saturated heterocycles. The normalized spacial score (nSPS) is 13.8. The number of hydrogen-bond acceptors (Lipinski definition) is 4. The summed E-state index contributed by atoms with van der Waals surface area (Å²) in [5.74, 6) is 1.14. The number of nitrogens with zero attached hydrogens (tertiary/aromatic N) is 2. The summed E-state index contributed by atoms with van der Waals surface area (Å²) in [6.07, 6.45) is 1.26. The van der Waals surface area contributed by atoms with Gasteiger partial charge in [-0.15, -0.1) is 0 Å². The summed E-state index contributed by atoms with van der Waals surface area (Å²) in [5.41, 5.74) is 2.11. The maximum Gasteiger partial charge on any atom is 0.148 e. The van der Waals surface area contributed by atoms with Crippen LogP contribution in [0.25, 0.3) is 11.0 Å². The van der Waals surface area contributed by atoms with Crippen molar-refractivity contribution in [3.8, 4) is 0 Å². The van der Waals surface area contributed by atoms with E-state index in [1.165, 1.54) is 6.26 Å². The Labute approximate surface area is 119 Å². The van der Waals surface area contributed by atoms with Gasteiger partial charge in [-0.3, -0.25) is 0 Å². The third-order valence-electron chi connectivity index (χ3n) is 3.23. The molecule has 5 nitrogen and oxygen atoms in total. The molecular weight excluding hydrogens is 274 g/mol. The van der Waals surface area contributed by atoms with Crippen LogP contribution in [0.2, 0.25) is 0 Å². The van der Waals surface area contributed by atoms with Crippen molar-refractivity contribution >= 4 is 20.9 Å². The third kappa shape index (κ3) is 3.80. The highest BCUT2D eigenvalue weighted by atomic mass is 32.2.